The smallest absolute Gasteiger partial charge is 0.329 e. The molecule has 1 rings (SSSR count). The summed E-state index contributed by atoms with van der Waals surface area (Å²) in [5.41, 5.74) is -1.02. The topological polar surface area (TPSA) is 66.4 Å². The fourth-order valence-corrected chi connectivity index (χ4v) is 4.17. The molecule has 0 aromatic rings. The summed E-state index contributed by atoms with van der Waals surface area (Å²) in [4.78, 5) is 23.3. The number of hydrogen-bond acceptors (Lipinski definition) is 4. The third-order valence-corrected chi connectivity index (χ3v) is 5.31. The van der Waals surface area contributed by atoms with Gasteiger partial charge in [0.15, 0.2) is 0 Å². The van der Waals surface area contributed by atoms with Crippen molar-refractivity contribution in [1.82, 2.24) is 5.32 Å². The van der Waals surface area contributed by atoms with Crippen LogP contribution in [0.2, 0.25) is 0 Å². The molecule has 1 aliphatic rings. The van der Waals surface area contributed by atoms with Crippen molar-refractivity contribution < 1.29 is 14.7 Å². The Morgan fingerprint density at radius 3 is 2.58 bits per heavy atom. The molecule has 0 unspecified atom stereocenters. The van der Waals surface area contributed by atoms with Gasteiger partial charge in [0, 0.05) is 12.2 Å². The number of carboxylic acid groups (broad SMARTS) is 1. The monoisotopic (exact) mass is 305 g/mol. The van der Waals surface area contributed by atoms with E-state index in [0.717, 1.165) is 23.0 Å². The molecule has 0 radical (unpaired) electrons. The molecular formula is C13H23NO3S2. The number of nitrogens with one attached hydrogen (secondary N) is 1. The summed E-state index contributed by atoms with van der Waals surface area (Å²) >= 11 is 3.51. The van der Waals surface area contributed by atoms with Crippen LogP contribution in [0.15, 0.2) is 0 Å². The third kappa shape index (κ3) is 5.65. The predicted molar refractivity (Wildman–Crippen MR) is 81.9 cm³/mol. The summed E-state index contributed by atoms with van der Waals surface area (Å²) in [6.45, 7) is 2.14. The third-order valence-electron chi connectivity index (χ3n) is 3.25. The minimum Gasteiger partial charge on any atom is -0.480 e. The van der Waals surface area contributed by atoms with Gasteiger partial charge in [0.2, 0.25) is 5.91 Å². The van der Waals surface area contributed by atoms with Crippen molar-refractivity contribution in [2.75, 3.05) is 23.0 Å². The van der Waals surface area contributed by atoms with E-state index in [9.17, 15) is 14.7 Å². The molecule has 2 N–H and O–H groups in total. The highest BCUT2D eigenvalue weighted by Gasteiger charge is 2.40. The second-order valence-electron chi connectivity index (χ2n) is 4.76. The first kappa shape index (κ1) is 16.7. The van der Waals surface area contributed by atoms with Gasteiger partial charge < -0.3 is 10.4 Å². The van der Waals surface area contributed by atoms with Crippen molar-refractivity contribution in [2.24, 2.45) is 0 Å². The van der Waals surface area contributed by atoms with Gasteiger partial charge in [-0.15, -0.1) is 0 Å². The highest BCUT2D eigenvalue weighted by molar-refractivity contribution is 7.99. The second-order valence-corrected chi connectivity index (χ2v) is 7.21. The number of aliphatic carboxylic acids is 1. The Kier molecular flexibility index (Phi) is 7.68. The van der Waals surface area contributed by atoms with Crippen LogP contribution >= 0.6 is 23.5 Å². The molecule has 110 valence electrons. The average molecular weight is 305 g/mol. The van der Waals surface area contributed by atoms with Crippen LogP contribution in [-0.4, -0.2) is 45.5 Å². The zero-order chi connectivity index (χ0) is 14.1. The lowest BCUT2D eigenvalue weighted by atomic mass is 9.92. The fourth-order valence-electron chi connectivity index (χ4n) is 1.95. The molecule has 1 fully saturated rings. The maximum Gasteiger partial charge on any atom is 0.329 e. The number of unbranched alkanes of at least 4 members (excludes halogenated alkanes) is 1. The quantitative estimate of drug-likeness (QED) is 0.674. The maximum atomic E-state index is 11.9. The zero-order valence-corrected chi connectivity index (χ0v) is 13.1. The predicted octanol–water partition coefficient (Wildman–Crippen LogP) is 2.38. The first-order chi connectivity index (χ1) is 9.10. The number of carbonyl (C=O) groups excluding carboxylic acids is 1. The Labute approximate surface area is 123 Å². The Morgan fingerprint density at radius 2 is 2.00 bits per heavy atom. The molecule has 1 saturated heterocycles. The van der Waals surface area contributed by atoms with Gasteiger partial charge in [0.05, 0.1) is 0 Å². The highest BCUT2D eigenvalue weighted by atomic mass is 32.2. The first-order valence-corrected chi connectivity index (χ1v) is 9.11. The molecule has 0 atom stereocenters. The van der Waals surface area contributed by atoms with Gasteiger partial charge in [0.1, 0.15) is 5.54 Å². The lowest BCUT2D eigenvalue weighted by Crippen LogP contribution is -2.56. The van der Waals surface area contributed by atoms with Crippen LogP contribution in [0, 0.1) is 0 Å². The van der Waals surface area contributed by atoms with E-state index in [4.69, 9.17) is 0 Å². The standard InChI is InChI=1S/C13H23NO3S2/c1-2-3-7-18-8-4-11(15)14-13(12(16)17)5-9-19-10-6-13/h2-10H2,1H3,(H,14,15)(H,16,17). The van der Waals surface area contributed by atoms with Crippen molar-refractivity contribution in [3.8, 4) is 0 Å². The minimum atomic E-state index is -1.02. The molecule has 0 aromatic heterocycles. The molecule has 6 heteroatoms. The van der Waals surface area contributed by atoms with Crippen LogP contribution < -0.4 is 5.32 Å². The summed E-state index contributed by atoms with van der Waals surface area (Å²) in [5.74, 6) is 2.44. The van der Waals surface area contributed by atoms with Crippen LogP contribution in [0.3, 0.4) is 0 Å². The fraction of sp³-hybridized carbons (Fsp3) is 0.846. The summed E-state index contributed by atoms with van der Waals surface area (Å²) < 4.78 is 0. The Hall–Kier alpha value is -0.360. The molecule has 0 saturated carbocycles. The zero-order valence-electron chi connectivity index (χ0n) is 11.4. The molecule has 0 spiro atoms. The highest BCUT2D eigenvalue weighted by Crippen LogP contribution is 2.27. The lowest BCUT2D eigenvalue weighted by molar-refractivity contribution is -0.148. The van der Waals surface area contributed by atoms with E-state index in [0.29, 0.717) is 19.3 Å². The van der Waals surface area contributed by atoms with Gasteiger partial charge in [-0.3, -0.25) is 4.79 Å². The molecule has 0 aliphatic carbocycles. The van der Waals surface area contributed by atoms with Crippen molar-refractivity contribution in [2.45, 2.75) is 44.6 Å². The SMILES string of the molecule is CCCCSCCC(=O)NC1(C(=O)O)CCSCC1. The van der Waals surface area contributed by atoms with Crippen molar-refractivity contribution >= 4 is 35.4 Å². The lowest BCUT2D eigenvalue weighted by Gasteiger charge is -2.33. The van der Waals surface area contributed by atoms with Gasteiger partial charge in [-0.2, -0.15) is 23.5 Å². The van der Waals surface area contributed by atoms with Crippen LogP contribution in [0.4, 0.5) is 0 Å². The number of hydrogen-bond donors (Lipinski definition) is 2. The van der Waals surface area contributed by atoms with Gasteiger partial charge in [-0.25, -0.2) is 4.79 Å². The van der Waals surface area contributed by atoms with Gasteiger partial charge in [-0.05, 0) is 36.5 Å². The number of carboxylic acids is 1. The summed E-state index contributed by atoms with van der Waals surface area (Å²) in [5, 5.41) is 12.1. The Balaban J connectivity index is 2.33. The van der Waals surface area contributed by atoms with E-state index in [1.54, 1.807) is 23.5 Å². The van der Waals surface area contributed by atoms with Crippen LogP contribution in [0.25, 0.3) is 0 Å². The molecule has 0 aromatic carbocycles. The van der Waals surface area contributed by atoms with E-state index in [2.05, 4.69) is 12.2 Å². The van der Waals surface area contributed by atoms with E-state index in [-0.39, 0.29) is 5.91 Å². The normalized spacial score (nSPS) is 17.9. The molecule has 1 heterocycles. The van der Waals surface area contributed by atoms with Crippen LogP contribution in [0.1, 0.15) is 39.0 Å². The first-order valence-electron chi connectivity index (χ1n) is 6.80. The number of amides is 1. The largest absolute Gasteiger partial charge is 0.480 e. The van der Waals surface area contributed by atoms with E-state index in [1.807, 2.05) is 0 Å². The van der Waals surface area contributed by atoms with E-state index >= 15 is 0 Å². The molecule has 4 nitrogen and oxygen atoms in total. The Morgan fingerprint density at radius 1 is 1.32 bits per heavy atom. The molecular weight excluding hydrogens is 282 g/mol. The molecule has 0 bridgehead atoms. The molecule has 1 amide bonds. The van der Waals surface area contributed by atoms with Crippen molar-refractivity contribution in [3.05, 3.63) is 0 Å². The number of thioether (sulfide) groups is 2. The van der Waals surface area contributed by atoms with Crippen LogP contribution in [0.5, 0.6) is 0 Å². The number of carbonyl (C=O) groups is 2. The second kappa shape index (κ2) is 8.74. The molecule has 19 heavy (non-hydrogen) atoms. The number of rotatable bonds is 8. The Bertz CT molecular complexity index is 304. The minimum absolute atomic E-state index is 0.127. The van der Waals surface area contributed by atoms with Crippen molar-refractivity contribution in [3.63, 3.8) is 0 Å². The summed E-state index contributed by atoms with van der Waals surface area (Å²) in [6.07, 6.45) is 3.81. The van der Waals surface area contributed by atoms with Crippen LogP contribution in [-0.2, 0) is 9.59 Å². The molecule has 1 aliphatic heterocycles. The summed E-state index contributed by atoms with van der Waals surface area (Å²) in [7, 11) is 0. The average Bonchev–Trinajstić information content (AvgIpc) is 2.39. The van der Waals surface area contributed by atoms with Crippen molar-refractivity contribution in [1.29, 1.82) is 0 Å². The maximum absolute atomic E-state index is 11.9. The van der Waals surface area contributed by atoms with Gasteiger partial charge in [0.25, 0.3) is 0 Å². The van der Waals surface area contributed by atoms with E-state index in [1.165, 1.54) is 12.8 Å². The van der Waals surface area contributed by atoms with E-state index < -0.39 is 11.5 Å². The van der Waals surface area contributed by atoms with Gasteiger partial charge in [-0.1, -0.05) is 13.3 Å². The summed E-state index contributed by atoms with van der Waals surface area (Å²) in [6, 6.07) is 0. The van der Waals surface area contributed by atoms with Gasteiger partial charge >= 0.3 is 5.97 Å².